The molecule has 0 fully saturated rings. The second-order valence-corrected chi connectivity index (χ2v) is 4.35. The van der Waals surface area contributed by atoms with Crippen LogP contribution in [0.25, 0.3) is 5.76 Å². The third-order valence-corrected chi connectivity index (χ3v) is 2.53. The van der Waals surface area contributed by atoms with E-state index in [1.54, 1.807) is 19.1 Å². The van der Waals surface area contributed by atoms with Gasteiger partial charge in [-0.3, -0.25) is 4.98 Å². The summed E-state index contributed by atoms with van der Waals surface area (Å²) in [5, 5.41) is 17.5. The number of ether oxygens (including phenoxy) is 1. The standard InChI is InChI=1S/C12H13BrN2O3/c1-3-18-12(17)10(7(2)14)11(16)9-5-4-8(13)6-15-9/h4-6,14,16H,3H2,1-2H3/b11-10+,14-7?. The lowest BCUT2D eigenvalue weighted by Gasteiger charge is -2.08. The van der Waals surface area contributed by atoms with Crippen LogP contribution in [0.1, 0.15) is 19.5 Å². The van der Waals surface area contributed by atoms with Gasteiger partial charge in [-0.2, -0.15) is 0 Å². The summed E-state index contributed by atoms with van der Waals surface area (Å²) in [5.74, 6) is -1.08. The molecule has 0 atom stereocenters. The number of hydrogen-bond acceptors (Lipinski definition) is 5. The number of aliphatic hydroxyl groups excluding tert-OH is 1. The molecule has 5 nitrogen and oxygen atoms in total. The lowest BCUT2D eigenvalue weighted by atomic mass is 10.1. The molecule has 0 saturated heterocycles. The number of aromatic nitrogens is 1. The first kappa shape index (κ1) is 14.4. The van der Waals surface area contributed by atoms with Gasteiger partial charge in [0.15, 0.2) is 5.76 Å². The van der Waals surface area contributed by atoms with E-state index in [4.69, 9.17) is 10.1 Å². The summed E-state index contributed by atoms with van der Waals surface area (Å²) in [4.78, 5) is 15.6. The van der Waals surface area contributed by atoms with Crippen LogP contribution in [0, 0.1) is 5.41 Å². The fourth-order valence-corrected chi connectivity index (χ4v) is 1.51. The molecule has 0 amide bonds. The number of carbonyl (C=O) groups excluding carboxylic acids is 1. The van der Waals surface area contributed by atoms with E-state index in [1.807, 2.05) is 0 Å². The number of pyridine rings is 1. The molecular weight excluding hydrogens is 300 g/mol. The molecule has 1 heterocycles. The maximum absolute atomic E-state index is 11.6. The van der Waals surface area contributed by atoms with Gasteiger partial charge in [0.1, 0.15) is 11.3 Å². The Morgan fingerprint density at radius 1 is 1.56 bits per heavy atom. The van der Waals surface area contributed by atoms with Crippen LogP contribution in [-0.4, -0.2) is 28.4 Å². The molecule has 1 aromatic rings. The van der Waals surface area contributed by atoms with Crippen LogP contribution in [0.4, 0.5) is 0 Å². The van der Waals surface area contributed by atoms with Crippen molar-refractivity contribution in [2.24, 2.45) is 0 Å². The average molecular weight is 313 g/mol. The van der Waals surface area contributed by atoms with E-state index in [1.165, 1.54) is 13.1 Å². The number of carbonyl (C=O) groups is 1. The van der Waals surface area contributed by atoms with E-state index >= 15 is 0 Å². The van der Waals surface area contributed by atoms with Crippen molar-refractivity contribution < 1.29 is 14.6 Å². The van der Waals surface area contributed by atoms with Crippen molar-refractivity contribution in [2.45, 2.75) is 13.8 Å². The molecule has 1 rings (SSSR count). The zero-order valence-electron chi connectivity index (χ0n) is 10.0. The van der Waals surface area contributed by atoms with Crippen LogP contribution in [0.2, 0.25) is 0 Å². The Hall–Kier alpha value is -1.69. The lowest BCUT2D eigenvalue weighted by molar-refractivity contribution is -0.137. The van der Waals surface area contributed by atoms with Gasteiger partial charge in [-0.15, -0.1) is 0 Å². The lowest BCUT2D eigenvalue weighted by Crippen LogP contribution is -2.15. The summed E-state index contributed by atoms with van der Waals surface area (Å²) in [6, 6.07) is 3.22. The summed E-state index contributed by atoms with van der Waals surface area (Å²) in [7, 11) is 0. The van der Waals surface area contributed by atoms with Crippen LogP contribution in [0.3, 0.4) is 0 Å². The second kappa shape index (κ2) is 6.30. The summed E-state index contributed by atoms with van der Waals surface area (Å²) < 4.78 is 5.55. The van der Waals surface area contributed by atoms with E-state index in [9.17, 15) is 9.90 Å². The molecule has 1 aromatic heterocycles. The van der Waals surface area contributed by atoms with Gasteiger partial charge in [0.25, 0.3) is 0 Å². The Balaban J connectivity index is 3.23. The van der Waals surface area contributed by atoms with Gasteiger partial charge in [0.05, 0.1) is 6.61 Å². The van der Waals surface area contributed by atoms with Crippen molar-refractivity contribution in [1.82, 2.24) is 4.98 Å². The third kappa shape index (κ3) is 3.40. The van der Waals surface area contributed by atoms with Gasteiger partial charge in [-0.1, -0.05) is 0 Å². The Morgan fingerprint density at radius 2 is 2.22 bits per heavy atom. The molecule has 0 saturated carbocycles. The third-order valence-electron chi connectivity index (χ3n) is 2.06. The van der Waals surface area contributed by atoms with Gasteiger partial charge >= 0.3 is 5.97 Å². The first-order valence-corrected chi connectivity index (χ1v) is 6.04. The van der Waals surface area contributed by atoms with Gasteiger partial charge < -0.3 is 15.3 Å². The van der Waals surface area contributed by atoms with Crippen LogP contribution in [-0.2, 0) is 9.53 Å². The van der Waals surface area contributed by atoms with Gasteiger partial charge in [-0.25, -0.2) is 4.79 Å². The van der Waals surface area contributed by atoms with E-state index < -0.39 is 5.97 Å². The molecule has 18 heavy (non-hydrogen) atoms. The SMILES string of the molecule is CCOC(=O)/C(C(C)=N)=C(/O)c1ccc(Br)cn1. The number of hydrogen-bond donors (Lipinski definition) is 2. The molecule has 0 radical (unpaired) electrons. The average Bonchev–Trinajstić information content (AvgIpc) is 2.29. The highest BCUT2D eigenvalue weighted by Crippen LogP contribution is 2.18. The highest BCUT2D eigenvalue weighted by atomic mass is 79.9. The van der Waals surface area contributed by atoms with E-state index in [0.717, 1.165) is 4.47 Å². The maximum atomic E-state index is 11.6. The topological polar surface area (TPSA) is 83.3 Å². The Kier molecular flexibility index (Phi) is 5.03. The minimum atomic E-state index is -0.729. The quantitative estimate of drug-likeness (QED) is 0.387. The van der Waals surface area contributed by atoms with E-state index in [-0.39, 0.29) is 29.3 Å². The summed E-state index contributed by atoms with van der Waals surface area (Å²) in [5.41, 5.74) is -0.0322. The predicted octanol–water partition coefficient (Wildman–Crippen LogP) is 2.72. The van der Waals surface area contributed by atoms with Crippen LogP contribution < -0.4 is 0 Å². The maximum Gasteiger partial charge on any atom is 0.343 e. The van der Waals surface area contributed by atoms with Gasteiger partial charge in [-0.05, 0) is 41.9 Å². The predicted molar refractivity (Wildman–Crippen MR) is 71.5 cm³/mol. The Bertz CT molecular complexity index is 495. The fraction of sp³-hybridized carbons (Fsp3) is 0.250. The first-order chi connectivity index (χ1) is 8.47. The number of esters is 1. The van der Waals surface area contributed by atoms with E-state index in [0.29, 0.717) is 0 Å². The molecule has 0 aromatic carbocycles. The van der Waals surface area contributed by atoms with E-state index in [2.05, 4.69) is 20.9 Å². The number of nitrogens with one attached hydrogen (secondary N) is 1. The van der Waals surface area contributed by atoms with Crippen molar-refractivity contribution in [1.29, 1.82) is 5.41 Å². The van der Waals surface area contributed by atoms with Crippen molar-refractivity contribution in [2.75, 3.05) is 6.61 Å². The molecule has 96 valence electrons. The van der Waals surface area contributed by atoms with Crippen molar-refractivity contribution in [3.05, 3.63) is 34.1 Å². The number of aliphatic hydroxyl groups is 1. The molecule has 0 bridgehead atoms. The van der Waals surface area contributed by atoms with Gasteiger partial charge in [0.2, 0.25) is 0 Å². The molecule has 0 aliphatic rings. The zero-order chi connectivity index (χ0) is 13.7. The largest absolute Gasteiger partial charge is 0.505 e. The number of rotatable bonds is 4. The van der Waals surface area contributed by atoms with Crippen molar-refractivity contribution in [3.8, 4) is 0 Å². The minimum absolute atomic E-state index is 0.0735. The zero-order valence-corrected chi connectivity index (χ0v) is 11.6. The second-order valence-electron chi connectivity index (χ2n) is 3.43. The number of halogens is 1. The Morgan fingerprint density at radius 3 is 2.67 bits per heavy atom. The van der Waals surface area contributed by atoms with Crippen molar-refractivity contribution in [3.63, 3.8) is 0 Å². The minimum Gasteiger partial charge on any atom is -0.505 e. The fourth-order valence-electron chi connectivity index (χ4n) is 1.27. The molecular formula is C12H13BrN2O3. The molecule has 0 aliphatic heterocycles. The molecule has 0 aliphatic carbocycles. The van der Waals surface area contributed by atoms with Crippen LogP contribution in [0.15, 0.2) is 28.4 Å². The first-order valence-electron chi connectivity index (χ1n) is 5.25. The summed E-state index contributed by atoms with van der Waals surface area (Å²) in [6.07, 6.45) is 1.49. The monoisotopic (exact) mass is 312 g/mol. The van der Waals surface area contributed by atoms with Crippen molar-refractivity contribution >= 4 is 33.4 Å². The number of nitrogens with zero attached hydrogens (tertiary/aromatic N) is 1. The summed E-state index contributed by atoms with van der Waals surface area (Å²) in [6.45, 7) is 3.24. The Labute approximate surface area is 113 Å². The molecule has 2 N–H and O–H groups in total. The molecule has 0 spiro atoms. The summed E-state index contributed by atoms with van der Waals surface area (Å²) >= 11 is 3.22. The highest BCUT2D eigenvalue weighted by molar-refractivity contribution is 9.10. The normalized spacial score (nSPS) is 11.7. The van der Waals surface area contributed by atoms with Crippen LogP contribution in [0.5, 0.6) is 0 Å². The smallest absolute Gasteiger partial charge is 0.343 e. The molecule has 6 heteroatoms. The molecule has 0 unspecified atom stereocenters. The highest BCUT2D eigenvalue weighted by Gasteiger charge is 2.20. The van der Waals surface area contributed by atoms with Gasteiger partial charge in [0, 0.05) is 16.4 Å². The van der Waals surface area contributed by atoms with Crippen LogP contribution >= 0.6 is 15.9 Å².